The number of hydrogen-bond donors (Lipinski definition) is 1. The fraction of sp³-hybridized carbons (Fsp3) is 1.00. The second-order valence-electron chi connectivity index (χ2n) is 6.55. The molecule has 0 spiro atoms. The number of aliphatic hydroxyl groups is 1. The fourth-order valence-electron chi connectivity index (χ4n) is 4.69. The van der Waals surface area contributed by atoms with Gasteiger partial charge in [0.15, 0.2) is 0 Å². The maximum atomic E-state index is 9.88. The summed E-state index contributed by atoms with van der Waals surface area (Å²) in [5, 5.41) is 9.88. The number of nitrogens with zero attached hydrogens (tertiary/aromatic N) is 1. The molecule has 4 atom stereocenters. The minimum Gasteiger partial charge on any atom is -0.393 e. The molecule has 1 N–H and O–H groups in total. The third kappa shape index (κ3) is 2.26. The molecule has 17 heavy (non-hydrogen) atoms. The Kier molecular flexibility index (Phi) is 3.45. The van der Waals surface area contributed by atoms with Crippen molar-refractivity contribution in [3.05, 3.63) is 0 Å². The smallest absolute Gasteiger partial charge is 0.0570 e. The van der Waals surface area contributed by atoms with Crippen LogP contribution in [0.1, 0.15) is 64.7 Å². The van der Waals surface area contributed by atoms with Gasteiger partial charge in [-0.1, -0.05) is 26.2 Å². The van der Waals surface area contributed by atoms with E-state index in [1.54, 1.807) is 0 Å². The van der Waals surface area contributed by atoms with Crippen molar-refractivity contribution in [3.63, 3.8) is 0 Å². The summed E-state index contributed by atoms with van der Waals surface area (Å²) in [7, 11) is 0. The minimum absolute atomic E-state index is 0.00527. The third-order valence-electron chi connectivity index (χ3n) is 5.52. The Morgan fingerprint density at radius 2 is 1.59 bits per heavy atom. The van der Waals surface area contributed by atoms with Gasteiger partial charge in [-0.25, -0.2) is 0 Å². The van der Waals surface area contributed by atoms with E-state index in [9.17, 15) is 5.11 Å². The molecule has 0 aromatic heterocycles. The highest BCUT2D eigenvalue weighted by Gasteiger charge is 2.44. The van der Waals surface area contributed by atoms with Gasteiger partial charge in [0.25, 0.3) is 0 Å². The van der Waals surface area contributed by atoms with E-state index in [2.05, 4.69) is 11.8 Å². The first-order valence-corrected chi connectivity index (χ1v) is 7.73. The first-order valence-electron chi connectivity index (χ1n) is 7.73. The highest BCUT2D eigenvalue weighted by atomic mass is 16.3. The topological polar surface area (TPSA) is 23.5 Å². The van der Waals surface area contributed by atoms with Crippen LogP contribution in [0.2, 0.25) is 0 Å². The molecular formula is C15H27NO. The molecule has 98 valence electrons. The maximum Gasteiger partial charge on any atom is 0.0570 e. The second-order valence-corrected chi connectivity index (χ2v) is 6.55. The van der Waals surface area contributed by atoms with E-state index in [1.807, 2.05) is 0 Å². The molecule has 0 aromatic carbocycles. The van der Waals surface area contributed by atoms with Crippen LogP contribution in [-0.4, -0.2) is 34.2 Å². The van der Waals surface area contributed by atoms with Gasteiger partial charge >= 0.3 is 0 Å². The minimum atomic E-state index is -0.00527. The monoisotopic (exact) mass is 237 g/mol. The molecule has 2 bridgehead atoms. The van der Waals surface area contributed by atoms with E-state index >= 15 is 0 Å². The Balaban J connectivity index is 1.68. The molecule has 2 heterocycles. The lowest BCUT2D eigenvalue weighted by atomic mass is 9.82. The molecule has 2 heteroatoms. The Hall–Kier alpha value is -0.0800. The molecule has 3 fully saturated rings. The van der Waals surface area contributed by atoms with Gasteiger partial charge in [0, 0.05) is 18.1 Å². The zero-order valence-electron chi connectivity index (χ0n) is 11.1. The first kappa shape index (κ1) is 12.0. The van der Waals surface area contributed by atoms with Crippen molar-refractivity contribution in [2.24, 2.45) is 5.92 Å². The van der Waals surface area contributed by atoms with Crippen molar-refractivity contribution in [1.82, 2.24) is 4.90 Å². The van der Waals surface area contributed by atoms with Crippen LogP contribution in [0.4, 0.5) is 0 Å². The van der Waals surface area contributed by atoms with Crippen molar-refractivity contribution in [1.29, 1.82) is 0 Å². The molecule has 0 amide bonds. The molecule has 0 aromatic rings. The van der Waals surface area contributed by atoms with Gasteiger partial charge in [0.2, 0.25) is 0 Å². The van der Waals surface area contributed by atoms with Gasteiger partial charge in [-0.05, 0) is 44.4 Å². The molecular weight excluding hydrogens is 210 g/mol. The normalized spacial score (nSPS) is 47.3. The van der Waals surface area contributed by atoms with Crippen molar-refractivity contribution >= 4 is 0 Å². The van der Waals surface area contributed by atoms with Crippen LogP contribution >= 0.6 is 0 Å². The number of hydrogen-bond acceptors (Lipinski definition) is 2. The predicted octanol–water partition coefficient (Wildman–Crippen LogP) is 2.94. The summed E-state index contributed by atoms with van der Waals surface area (Å²) in [6.45, 7) is 2.35. The molecule has 0 radical (unpaired) electrons. The summed E-state index contributed by atoms with van der Waals surface area (Å²) in [6.07, 6.45) is 11.9. The average Bonchev–Trinajstić information content (AvgIpc) is 2.62. The van der Waals surface area contributed by atoms with Crippen molar-refractivity contribution < 1.29 is 5.11 Å². The van der Waals surface area contributed by atoms with Crippen LogP contribution in [0.3, 0.4) is 0 Å². The van der Waals surface area contributed by atoms with Crippen LogP contribution in [0.25, 0.3) is 0 Å². The van der Waals surface area contributed by atoms with E-state index < -0.39 is 0 Å². The summed E-state index contributed by atoms with van der Waals surface area (Å²) < 4.78 is 0. The van der Waals surface area contributed by atoms with Crippen molar-refractivity contribution in [3.8, 4) is 0 Å². The number of piperidine rings is 1. The number of aliphatic hydroxyl groups excluding tert-OH is 1. The van der Waals surface area contributed by atoms with E-state index in [0.29, 0.717) is 12.1 Å². The first-order chi connectivity index (χ1) is 8.28. The standard InChI is InChI=1S/C15H27NO/c1-2-11-4-3-5-12(8-11)16-13-6-7-14(16)10-15(17)9-13/h11-15,17H,2-10H2,1H3. The molecule has 2 nitrogen and oxygen atoms in total. The zero-order valence-corrected chi connectivity index (χ0v) is 11.1. The lowest BCUT2D eigenvalue weighted by Crippen LogP contribution is -2.51. The van der Waals surface area contributed by atoms with E-state index in [0.717, 1.165) is 24.8 Å². The molecule has 3 rings (SSSR count). The Morgan fingerprint density at radius 3 is 2.24 bits per heavy atom. The summed E-state index contributed by atoms with van der Waals surface area (Å²) in [6, 6.07) is 2.27. The summed E-state index contributed by atoms with van der Waals surface area (Å²) in [5.74, 6) is 0.972. The molecule has 2 saturated heterocycles. The lowest BCUT2D eigenvalue weighted by Gasteiger charge is -2.45. The van der Waals surface area contributed by atoms with Crippen LogP contribution in [0, 0.1) is 5.92 Å². The summed E-state index contributed by atoms with van der Waals surface area (Å²) in [5.41, 5.74) is 0. The summed E-state index contributed by atoms with van der Waals surface area (Å²) >= 11 is 0. The van der Waals surface area contributed by atoms with Gasteiger partial charge in [0.1, 0.15) is 0 Å². The quantitative estimate of drug-likeness (QED) is 0.798. The third-order valence-corrected chi connectivity index (χ3v) is 5.52. The highest BCUT2D eigenvalue weighted by Crippen LogP contribution is 2.41. The van der Waals surface area contributed by atoms with E-state index in [1.165, 1.54) is 44.9 Å². The molecule has 1 saturated carbocycles. The molecule has 1 aliphatic carbocycles. The zero-order chi connectivity index (χ0) is 11.8. The van der Waals surface area contributed by atoms with E-state index in [4.69, 9.17) is 0 Å². The van der Waals surface area contributed by atoms with Crippen molar-refractivity contribution in [2.75, 3.05) is 0 Å². The predicted molar refractivity (Wildman–Crippen MR) is 69.9 cm³/mol. The molecule has 4 unspecified atom stereocenters. The number of rotatable bonds is 2. The van der Waals surface area contributed by atoms with Crippen LogP contribution in [-0.2, 0) is 0 Å². The van der Waals surface area contributed by atoms with Gasteiger partial charge in [-0.2, -0.15) is 0 Å². The molecule has 3 aliphatic rings. The van der Waals surface area contributed by atoms with Crippen molar-refractivity contribution in [2.45, 2.75) is 88.9 Å². The summed E-state index contributed by atoms with van der Waals surface area (Å²) in [4.78, 5) is 2.83. The van der Waals surface area contributed by atoms with Crippen LogP contribution in [0.5, 0.6) is 0 Å². The van der Waals surface area contributed by atoms with Crippen LogP contribution < -0.4 is 0 Å². The maximum absolute atomic E-state index is 9.88. The average molecular weight is 237 g/mol. The van der Waals surface area contributed by atoms with Gasteiger partial charge in [-0.15, -0.1) is 0 Å². The lowest BCUT2D eigenvalue weighted by molar-refractivity contribution is -0.00572. The number of fused-ring (bicyclic) bond motifs is 2. The second kappa shape index (κ2) is 4.89. The largest absolute Gasteiger partial charge is 0.393 e. The Labute approximate surface area is 105 Å². The molecule has 2 aliphatic heterocycles. The van der Waals surface area contributed by atoms with Gasteiger partial charge in [-0.3, -0.25) is 4.90 Å². The fourth-order valence-corrected chi connectivity index (χ4v) is 4.69. The Morgan fingerprint density at radius 1 is 0.941 bits per heavy atom. The SMILES string of the molecule is CCC1CCCC(N2C3CCC2CC(O)C3)C1. The van der Waals surface area contributed by atoms with Gasteiger partial charge in [0.05, 0.1) is 6.10 Å². The van der Waals surface area contributed by atoms with Gasteiger partial charge < -0.3 is 5.11 Å². The van der Waals surface area contributed by atoms with E-state index in [-0.39, 0.29) is 6.10 Å². The highest BCUT2D eigenvalue weighted by molar-refractivity contribution is 4.99. The Bertz CT molecular complexity index is 254. The van der Waals surface area contributed by atoms with Crippen LogP contribution in [0.15, 0.2) is 0 Å².